The van der Waals surface area contributed by atoms with E-state index < -0.39 is 0 Å². The van der Waals surface area contributed by atoms with E-state index in [4.69, 9.17) is 0 Å². The molecular formula is C10H14N4O3. The van der Waals surface area contributed by atoms with Gasteiger partial charge < -0.3 is 10.6 Å². The fourth-order valence-corrected chi connectivity index (χ4v) is 1.13. The van der Waals surface area contributed by atoms with Crippen molar-refractivity contribution in [2.45, 2.75) is 13.5 Å². The van der Waals surface area contributed by atoms with Crippen LogP contribution >= 0.6 is 0 Å². The second-order valence-corrected chi connectivity index (χ2v) is 3.37. The molecule has 2 amide bonds. The van der Waals surface area contributed by atoms with Gasteiger partial charge in [0, 0.05) is 32.3 Å². The van der Waals surface area contributed by atoms with Crippen LogP contribution in [0.25, 0.3) is 0 Å². The molecule has 1 heterocycles. The number of amides is 2. The van der Waals surface area contributed by atoms with E-state index in [1.54, 1.807) is 0 Å². The van der Waals surface area contributed by atoms with Gasteiger partial charge in [-0.3, -0.25) is 19.0 Å². The average Bonchev–Trinajstić information content (AvgIpc) is 2.29. The van der Waals surface area contributed by atoms with Crippen molar-refractivity contribution in [3.63, 3.8) is 0 Å². The van der Waals surface area contributed by atoms with E-state index in [-0.39, 0.29) is 23.9 Å². The van der Waals surface area contributed by atoms with Crippen LogP contribution in [0.2, 0.25) is 0 Å². The van der Waals surface area contributed by atoms with E-state index in [1.807, 2.05) is 0 Å². The van der Waals surface area contributed by atoms with Gasteiger partial charge in [-0.05, 0) is 0 Å². The van der Waals surface area contributed by atoms with Crippen LogP contribution < -0.4 is 16.2 Å². The van der Waals surface area contributed by atoms with Crippen molar-refractivity contribution >= 4 is 11.8 Å². The zero-order valence-electron chi connectivity index (χ0n) is 9.47. The number of rotatable bonds is 5. The highest BCUT2D eigenvalue weighted by molar-refractivity contribution is 5.83. The minimum Gasteiger partial charge on any atom is -0.353 e. The highest BCUT2D eigenvalue weighted by Gasteiger charge is 2.01. The van der Waals surface area contributed by atoms with E-state index in [2.05, 4.69) is 15.6 Å². The molecule has 0 saturated heterocycles. The number of aromatic nitrogens is 2. The molecule has 0 aliphatic rings. The third-order valence-corrected chi connectivity index (χ3v) is 1.97. The Hall–Kier alpha value is -2.18. The molecule has 0 spiro atoms. The van der Waals surface area contributed by atoms with Crippen LogP contribution in [-0.4, -0.2) is 34.5 Å². The van der Waals surface area contributed by atoms with E-state index >= 15 is 0 Å². The molecule has 0 saturated carbocycles. The second kappa shape index (κ2) is 6.41. The molecule has 17 heavy (non-hydrogen) atoms. The first-order valence-corrected chi connectivity index (χ1v) is 5.11. The zero-order valence-corrected chi connectivity index (χ0v) is 9.47. The molecule has 0 aromatic carbocycles. The Morgan fingerprint density at radius 3 is 2.82 bits per heavy atom. The maximum atomic E-state index is 11.3. The molecule has 7 heteroatoms. The van der Waals surface area contributed by atoms with E-state index in [1.165, 1.54) is 30.1 Å². The maximum absolute atomic E-state index is 11.3. The lowest BCUT2D eigenvalue weighted by Gasteiger charge is -2.06. The van der Waals surface area contributed by atoms with E-state index in [0.717, 1.165) is 0 Å². The Morgan fingerprint density at radius 1 is 1.41 bits per heavy atom. The molecule has 1 aromatic heterocycles. The molecular weight excluding hydrogens is 224 g/mol. The SMILES string of the molecule is CC(=O)NCC(=O)NCCn1cnccc1=O. The first-order valence-electron chi connectivity index (χ1n) is 5.11. The monoisotopic (exact) mass is 238 g/mol. The molecule has 0 radical (unpaired) electrons. The van der Waals surface area contributed by atoms with E-state index in [0.29, 0.717) is 13.1 Å². The van der Waals surface area contributed by atoms with Crippen molar-refractivity contribution in [2.75, 3.05) is 13.1 Å². The van der Waals surface area contributed by atoms with Gasteiger partial charge in [-0.1, -0.05) is 0 Å². The highest BCUT2D eigenvalue weighted by Crippen LogP contribution is 1.77. The third-order valence-electron chi connectivity index (χ3n) is 1.97. The van der Waals surface area contributed by atoms with Crippen LogP contribution in [0.3, 0.4) is 0 Å². The number of nitrogens with one attached hydrogen (secondary N) is 2. The summed E-state index contributed by atoms with van der Waals surface area (Å²) in [6, 6.07) is 1.35. The predicted molar refractivity (Wildman–Crippen MR) is 60.2 cm³/mol. The van der Waals surface area contributed by atoms with Gasteiger partial charge in [-0.25, -0.2) is 4.98 Å². The van der Waals surface area contributed by atoms with Crippen LogP contribution in [0.1, 0.15) is 6.92 Å². The number of hydrogen-bond acceptors (Lipinski definition) is 4. The summed E-state index contributed by atoms with van der Waals surface area (Å²) in [5.41, 5.74) is -0.170. The van der Waals surface area contributed by atoms with Crippen LogP contribution in [0.4, 0.5) is 0 Å². The van der Waals surface area contributed by atoms with Crippen molar-refractivity contribution in [2.24, 2.45) is 0 Å². The minimum absolute atomic E-state index is 0.0583. The summed E-state index contributed by atoms with van der Waals surface area (Å²) < 4.78 is 1.39. The van der Waals surface area contributed by atoms with Crippen molar-refractivity contribution in [3.05, 3.63) is 28.9 Å². The number of carbonyl (C=O) groups is 2. The van der Waals surface area contributed by atoms with Crippen LogP contribution in [0.5, 0.6) is 0 Å². The standard InChI is InChI=1S/C10H14N4O3/c1-8(15)13-6-9(16)12-4-5-14-7-11-3-2-10(14)17/h2-3,7H,4-6H2,1H3,(H,12,16)(H,13,15). The van der Waals surface area contributed by atoms with Gasteiger partial charge in [0.2, 0.25) is 11.8 Å². The average molecular weight is 238 g/mol. The molecule has 0 fully saturated rings. The maximum Gasteiger partial charge on any atom is 0.253 e. The Kier molecular flexibility index (Phi) is 4.86. The summed E-state index contributed by atoms with van der Waals surface area (Å²) in [6.45, 7) is 1.93. The third kappa shape index (κ3) is 4.92. The summed E-state index contributed by atoms with van der Waals surface area (Å²) in [7, 11) is 0. The minimum atomic E-state index is -0.294. The van der Waals surface area contributed by atoms with Gasteiger partial charge >= 0.3 is 0 Å². The predicted octanol–water partition coefficient (Wildman–Crippen LogP) is -1.50. The van der Waals surface area contributed by atoms with Crippen LogP contribution in [0.15, 0.2) is 23.4 Å². The summed E-state index contributed by atoms with van der Waals surface area (Å²) in [4.78, 5) is 36.8. The van der Waals surface area contributed by atoms with Crippen molar-refractivity contribution < 1.29 is 9.59 Å². The largest absolute Gasteiger partial charge is 0.353 e. The number of carbonyl (C=O) groups excluding carboxylic acids is 2. The lowest BCUT2D eigenvalue weighted by atomic mass is 10.5. The molecule has 1 aromatic rings. The van der Waals surface area contributed by atoms with Crippen LogP contribution in [0, 0.1) is 0 Å². The molecule has 0 bridgehead atoms. The molecule has 0 unspecified atom stereocenters. The smallest absolute Gasteiger partial charge is 0.253 e. The molecule has 2 N–H and O–H groups in total. The first kappa shape index (κ1) is 12.9. The fraction of sp³-hybridized carbons (Fsp3) is 0.400. The first-order chi connectivity index (χ1) is 8.09. The van der Waals surface area contributed by atoms with Gasteiger partial charge in [0.25, 0.3) is 5.56 Å². The Bertz CT molecular complexity index is 455. The Morgan fingerprint density at radius 2 is 2.18 bits per heavy atom. The highest BCUT2D eigenvalue weighted by atomic mass is 16.2. The molecule has 1 rings (SSSR count). The van der Waals surface area contributed by atoms with Crippen molar-refractivity contribution in [1.29, 1.82) is 0 Å². The molecule has 0 atom stereocenters. The van der Waals surface area contributed by atoms with Gasteiger partial charge in [-0.15, -0.1) is 0 Å². The summed E-state index contributed by atoms with van der Waals surface area (Å²) in [6.07, 6.45) is 2.82. The van der Waals surface area contributed by atoms with Crippen LogP contribution in [-0.2, 0) is 16.1 Å². The Balaban J connectivity index is 2.29. The lowest BCUT2D eigenvalue weighted by molar-refractivity contribution is -0.125. The lowest BCUT2D eigenvalue weighted by Crippen LogP contribution is -2.38. The summed E-state index contributed by atoms with van der Waals surface area (Å²) in [5, 5.41) is 4.95. The fourth-order valence-electron chi connectivity index (χ4n) is 1.13. The topological polar surface area (TPSA) is 93.1 Å². The summed E-state index contributed by atoms with van der Waals surface area (Å²) in [5.74, 6) is -0.555. The van der Waals surface area contributed by atoms with Gasteiger partial charge in [0.15, 0.2) is 0 Å². The Labute approximate surface area is 97.9 Å². The van der Waals surface area contributed by atoms with Gasteiger partial charge in [-0.2, -0.15) is 0 Å². The van der Waals surface area contributed by atoms with Gasteiger partial charge in [0.05, 0.1) is 12.9 Å². The van der Waals surface area contributed by atoms with Crippen molar-refractivity contribution in [1.82, 2.24) is 20.2 Å². The normalized spacial score (nSPS) is 9.71. The van der Waals surface area contributed by atoms with E-state index in [9.17, 15) is 14.4 Å². The second-order valence-electron chi connectivity index (χ2n) is 3.37. The zero-order chi connectivity index (χ0) is 12.7. The van der Waals surface area contributed by atoms with Crippen molar-refractivity contribution in [3.8, 4) is 0 Å². The quantitative estimate of drug-likeness (QED) is 0.652. The summed E-state index contributed by atoms with van der Waals surface area (Å²) >= 11 is 0. The molecule has 92 valence electrons. The molecule has 0 aliphatic heterocycles. The molecule has 0 aliphatic carbocycles. The number of hydrogen-bond donors (Lipinski definition) is 2. The number of nitrogens with zero attached hydrogens (tertiary/aromatic N) is 2. The van der Waals surface area contributed by atoms with Gasteiger partial charge in [0.1, 0.15) is 0 Å². The molecule has 7 nitrogen and oxygen atoms in total.